The number of hydrogen-bond donors (Lipinski definition) is 1. The lowest BCUT2D eigenvalue weighted by molar-refractivity contribution is -0.140. The van der Waals surface area contributed by atoms with Gasteiger partial charge in [0.15, 0.2) is 0 Å². The van der Waals surface area contributed by atoms with Crippen LogP contribution in [0.25, 0.3) is 11.4 Å². The maximum absolute atomic E-state index is 12.6. The van der Waals surface area contributed by atoms with Gasteiger partial charge in [-0.15, -0.1) is 0 Å². The Labute approximate surface area is 142 Å². The highest BCUT2D eigenvalue weighted by Gasteiger charge is 2.32. The Morgan fingerprint density at radius 2 is 2.08 bits per heavy atom. The van der Waals surface area contributed by atoms with Crippen molar-refractivity contribution in [1.82, 2.24) is 25.1 Å². The number of aryl methyl sites for hydroxylation is 1. The molecule has 0 bridgehead atoms. The van der Waals surface area contributed by atoms with Gasteiger partial charge in [-0.25, -0.2) is 4.98 Å². The summed E-state index contributed by atoms with van der Waals surface area (Å²) in [6.45, 7) is 9.43. The van der Waals surface area contributed by atoms with E-state index in [-0.39, 0.29) is 17.2 Å². The number of likely N-dealkylation sites (tertiary alicyclic amines) is 1. The van der Waals surface area contributed by atoms with Crippen LogP contribution >= 0.6 is 0 Å². The van der Waals surface area contributed by atoms with Crippen molar-refractivity contribution in [2.75, 3.05) is 13.1 Å². The zero-order valence-corrected chi connectivity index (χ0v) is 14.8. The van der Waals surface area contributed by atoms with Gasteiger partial charge in [-0.1, -0.05) is 20.8 Å². The number of amides is 1. The maximum Gasteiger partial charge on any atom is 0.227 e. The molecule has 1 atom stereocenters. The van der Waals surface area contributed by atoms with E-state index in [2.05, 4.69) is 15.2 Å². The Bertz CT molecular complexity index is 731. The zero-order chi connectivity index (χ0) is 17.3. The molecule has 128 valence electrons. The second-order valence-corrected chi connectivity index (χ2v) is 7.61. The van der Waals surface area contributed by atoms with E-state index < -0.39 is 0 Å². The number of nitrogens with one attached hydrogen (secondary N) is 1. The van der Waals surface area contributed by atoms with Crippen molar-refractivity contribution in [3.8, 4) is 11.4 Å². The molecule has 24 heavy (non-hydrogen) atoms. The van der Waals surface area contributed by atoms with Crippen molar-refractivity contribution in [2.45, 2.75) is 46.5 Å². The summed E-state index contributed by atoms with van der Waals surface area (Å²) in [6, 6.07) is 1.96. The van der Waals surface area contributed by atoms with Gasteiger partial charge in [0.1, 0.15) is 11.4 Å². The number of carbonyl (C=O) groups is 1. The molecule has 2 aromatic rings. The van der Waals surface area contributed by atoms with Crippen LogP contribution in [0.4, 0.5) is 0 Å². The Hall–Kier alpha value is -2.24. The fourth-order valence-corrected chi connectivity index (χ4v) is 3.13. The summed E-state index contributed by atoms with van der Waals surface area (Å²) in [5, 5.41) is 7.19. The molecule has 3 heterocycles. The van der Waals surface area contributed by atoms with Gasteiger partial charge in [0.25, 0.3) is 0 Å². The quantitative estimate of drug-likeness (QED) is 0.920. The second kappa shape index (κ2) is 6.34. The van der Waals surface area contributed by atoms with Gasteiger partial charge in [-0.3, -0.25) is 14.9 Å². The molecule has 0 radical (unpaired) electrons. The van der Waals surface area contributed by atoms with Crippen LogP contribution in [0, 0.1) is 12.3 Å². The molecule has 0 saturated carbocycles. The number of aromatic nitrogens is 4. The highest BCUT2D eigenvalue weighted by atomic mass is 16.2. The minimum Gasteiger partial charge on any atom is -0.342 e. The Morgan fingerprint density at radius 3 is 2.75 bits per heavy atom. The Kier molecular flexibility index (Phi) is 4.39. The fourth-order valence-electron chi connectivity index (χ4n) is 3.13. The summed E-state index contributed by atoms with van der Waals surface area (Å²) >= 11 is 0. The monoisotopic (exact) mass is 327 g/mol. The summed E-state index contributed by atoms with van der Waals surface area (Å²) in [5.41, 5.74) is 3.18. The molecular weight excluding hydrogens is 302 g/mol. The summed E-state index contributed by atoms with van der Waals surface area (Å²) in [5.74, 6) is 0.441. The second-order valence-electron chi connectivity index (χ2n) is 7.61. The first-order chi connectivity index (χ1) is 11.3. The van der Waals surface area contributed by atoms with Gasteiger partial charge in [0.05, 0.1) is 11.9 Å². The minimum atomic E-state index is -0.345. The topological polar surface area (TPSA) is 74.8 Å². The average molecular weight is 327 g/mol. The molecule has 0 aliphatic carbocycles. The maximum atomic E-state index is 12.6. The van der Waals surface area contributed by atoms with Crippen molar-refractivity contribution in [2.24, 2.45) is 5.41 Å². The molecule has 0 aromatic carbocycles. The first-order valence-electron chi connectivity index (χ1n) is 8.48. The number of nitrogens with zero attached hydrogens (tertiary/aromatic N) is 4. The normalized spacial score (nSPS) is 18.7. The van der Waals surface area contributed by atoms with Gasteiger partial charge in [-0.2, -0.15) is 5.10 Å². The Morgan fingerprint density at radius 1 is 1.29 bits per heavy atom. The molecule has 1 unspecified atom stereocenters. The van der Waals surface area contributed by atoms with Crippen LogP contribution in [-0.2, 0) is 4.79 Å². The van der Waals surface area contributed by atoms with Crippen LogP contribution in [0.5, 0.6) is 0 Å². The number of piperidine rings is 1. The molecule has 1 saturated heterocycles. The molecule has 1 fully saturated rings. The van der Waals surface area contributed by atoms with Gasteiger partial charge in [-0.05, 0) is 25.8 Å². The highest BCUT2D eigenvalue weighted by molar-refractivity contribution is 5.81. The molecule has 1 N–H and O–H groups in total. The van der Waals surface area contributed by atoms with E-state index in [4.69, 9.17) is 4.98 Å². The molecule has 6 heteroatoms. The highest BCUT2D eigenvalue weighted by Crippen LogP contribution is 2.29. The third-order valence-electron chi connectivity index (χ3n) is 4.39. The van der Waals surface area contributed by atoms with Gasteiger partial charge in [0, 0.05) is 36.3 Å². The van der Waals surface area contributed by atoms with E-state index in [9.17, 15) is 4.79 Å². The number of H-pyrrole nitrogens is 1. The van der Waals surface area contributed by atoms with Gasteiger partial charge < -0.3 is 4.90 Å². The average Bonchev–Trinajstić information content (AvgIpc) is 3.00. The van der Waals surface area contributed by atoms with Crippen LogP contribution < -0.4 is 0 Å². The van der Waals surface area contributed by atoms with Crippen molar-refractivity contribution in [1.29, 1.82) is 0 Å². The smallest absolute Gasteiger partial charge is 0.227 e. The fraction of sp³-hybridized carbons (Fsp3) is 0.556. The number of rotatable bonds is 2. The van der Waals surface area contributed by atoms with Crippen molar-refractivity contribution in [3.63, 3.8) is 0 Å². The van der Waals surface area contributed by atoms with Crippen LogP contribution in [0.3, 0.4) is 0 Å². The molecule has 1 aliphatic heterocycles. The SMILES string of the molecule is Cc1cc(-c2cncc(C3CCCN(C(=O)C(C)(C)C)C3)n2)n[nH]1. The van der Waals surface area contributed by atoms with E-state index >= 15 is 0 Å². The molecule has 2 aromatic heterocycles. The van der Waals surface area contributed by atoms with Crippen molar-refractivity contribution >= 4 is 5.91 Å². The number of carbonyl (C=O) groups excluding carboxylic acids is 1. The number of hydrogen-bond acceptors (Lipinski definition) is 4. The lowest BCUT2D eigenvalue weighted by Gasteiger charge is -2.36. The van der Waals surface area contributed by atoms with E-state index in [1.807, 2.05) is 44.9 Å². The Balaban J connectivity index is 1.80. The molecule has 1 aliphatic rings. The van der Waals surface area contributed by atoms with Crippen LogP contribution in [0.2, 0.25) is 0 Å². The van der Waals surface area contributed by atoms with Gasteiger partial charge in [0.2, 0.25) is 5.91 Å². The van der Waals surface area contributed by atoms with Gasteiger partial charge >= 0.3 is 0 Å². The molecule has 3 rings (SSSR count). The predicted molar refractivity (Wildman–Crippen MR) is 92.4 cm³/mol. The third kappa shape index (κ3) is 3.47. The number of aromatic amines is 1. The molecule has 0 spiro atoms. The van der Waals surface area contributed by atoms with E-state index in [0.29, 0.717) is 6.54 Å². The van der Waals surface area contributed by atoms with Crippen LogP contribution in [0.1, 0.15) is 50.9 Å². The summed E-state index contributed by atoms with van der Waals surface area (Å²) < 4.78 is 0. The summed E-state index contributed by atoms with van der Waals surface area (Å²) in [4.78, 5) is 23.6. The standard InChI is InChI=1S/C18H25N5O/c1-12-8-14(22-21-12)16-10-19-9-15(20-16)13-6-5-7-23(11-13)17(24)18(2,3)4/h8-10,13H,5-7,11H2,1-4H3,(H,21,22). The first kappa shape index (κ1) is 16.6. The molecular formula is C18H25N5O. The van der Waals surface area contributed by atoms with E-state index in [1.54, 1.807) is 6.20 Å². The summed E-state index contributed by atoms with van der Waals surface area (Å²) in [7, 11) is 0. The molecule has 1 amide bonds. The summed E-state index contributed by atoms with van der Waals surface area (Å²) in [6.07, 6.45) is 5.59. The van der Waals surface area contributed by atoms with Crippen molar-refractivity contribution in [3.05, 3.63) is 29.8 Å². The van der Waals surface area contributed by atoms with E-state index in [0.717, 1.165) is 42.2 Å². The lowest BCUT2D eigenvalue weighted by atomic mass is 9.90. The largest absolute Gasteiger partial charge is 0.342 e. The minimum absolute atomic E-state index is 0.208. The zero-order valence-electron chi connectivity index (χ0n) is 14.8. The van der Waals surface area contributed by atoms with E-state index in [1.165, 1.54) is 0 Å². The predicted octanol–water partition coefficient (Wildman–Crippen LogP) is 2.93. The lowest BCUT2D eigenvalue weighted by Crippen LogP contribution is -2.44. The van der Waals surface area contributed by atoms with Crippen LogP contribution in [-0.4, -0.2) is 44.1 Å². The molecule has 6 nitrogen and oxygen atoms in total. The van der Waals surface area contributed by atoms with Crippen molar-refractivity contribution < 1.29 is 4.79 Å². The first-order valence-corrected chi connectivity index (χ1v) is 8.48. The third-order valence-corrected chi connectivity index (χ3v) is 4.39. The van der Waals surface area contributed by atoms with Crippen LogP contribution in [0.15, 0.2) is 18.5 Å².